The molecule has 0 bridgehead atoms. The number of nitrogens with one attached hydrogen (secondary N) is 1. The molecule has 2 N–H and O–H groups in total. The van der Waals surface area contributed by atoms with Crippen LogP contribution in [0.3, 0.4) is 0 Å². The van der Waals surface area contributed by atoms with E-state index in [2.05, 4.69) is 15.1 Å². The van der Waals surface area contributed by atoms with Crippen molar-refractivity contribution in [3.05, 3.63) is 60.1 Å². The molecule has 1 aromatic carbocycles. The summed E-state index contributed by atoms with van der Waals surface area (Å²) in [6, 6.07) is 5.22. The summed E-state index contributed by atoms with van der Waals surface area (Å²) < 4.78 is 32.9. The molecular formula is C17H9F2N3O3. The smallest absolute Gasteiger partial charge is 0.337 e. The summed E-state index contributed by atoms with van der Waals surface area (Å²) in [4.78, 5) is 18.1. The van der Waals surface area contributed by atoms with Gasteiger partial charge in [0.15, 0.2) is 17.4 Å². The number of aromatic carboxylic acids is 1. The maximum Gasteiger partial charge on any atom is 0.337 e. The van der Waals surface area contributed by atoms with Gasteiger partial charge < -0.3 is 14.6 Å². The molecule has 124 valence electrons. The summed E-state index contributed by atoms with van der Waals surface area (Å²) in [5.41, 5.74) is 1.11. The van der Waals surface area contributed by atoms with Crippen LogP contribution in [0, 0.1) is 11.6 Å². The first-order chi connectivity index (χ1) is 12.1. The highest BCUT2D eigenvalue weighted by Crippen LogP contribution is 2.37. The lowest BCUT2D eigenvalue weighted by Crippen LogP contribution is -1.96. The summed E-state index contributed by atoms with van der Waals surface area (Å²) in [7, 11) is 0. The number of pyridine rings is 1. The molecule has 4 aromatic rings. The summed E-state index contributed by atoms with van der Waals surface area (Å²) >= 11 is 0. The Labute approximate surface area is 138 Å². The second kappa shape index (κ2) is 5.52. The third kappa shape index (κ3) is 2.35. The lowest BCUT2D eigenvalue weighted by atomic mass is 10.0. The van der Waals surface area contributed by atoms with Crippen LogP contribution in [0.1, 0.15) is 10.4 Å². The van der Waals surface area contributed by atoms with E-state index >= 15 is 0 Å². The van der Waals surface area contributed by atoms with Crippen molar-refractivity contribution in [2.75, 3.05) is 0 Å². The van der Waals surface area contributed by atoms with E-state index in [9.17, 15) is 13.6 Å². The predicted octanol–water partition coefficient (Wildman–Crippen LogP) is 3.86. The van der Waals surface area contributed by atoms with Gasteiger partial charge in [-0.15, -0.1) is 0 Å². The second-order valence-electron chi connectivity index (χ2n) is 5.30. The van der Waals surface area contributed by atoms with E-state index in [1.54, 1.807) is 6.20 Å². The molecule has 3 heterocycles. The zero-order valence-electron chi connectivity index (χ0n) is 12.5. The van der Waals surface area contributed by atoms with Gasteiger partial charge in [-0.2, -0.15) is 0 Å². The minimum atomic E-state index is -1.13. The number of H-pyrrole nitrogens is 1. The molecule has 0 aliphatic rings. The van der Waals surface area contributed by atoms with Gasteiger partial charge in [-0.1, -0.05) is 17.3 Å². The Hall–Kier alpha value is -3.55. The zero-order chi connectivity index (χ0) is 17.6. The van der Waals surface area contributed by atoms with Crippen molar-refractivity contribution in [2.24, 2.45) is 0 Å². The molecule has 0 amide bonds. The van der Waals surface area contributed by atoms with Gasteiger partial charge in [0.2, 0.25) is 0 Å². The maximum atomic E-state index is 14.1. The lowest BCUT2D eigenvalue weighted by Gasteiger charge is -2.03. The molecule has 0 spiro atoms. The van der Waals surface area contributed by atoms with Crippen molar-refractivity contribution < 1.29 is 23.2 Å². The number of carboxylic acid groups (broad SMARTS) is 1. The van der Waals surface area contributed by atoms with Crippen LogP contribution in [0.2, 0.25) is 0 Å². The second-order valence-corrected chi connectivity index (χ2v) is 5.30. The molecule has 0 aliphatic heterocycles. The molecule has 25 heavy (non-hydrogen) atoms. The quantitative estimate of drug-likeness (QED) is 0.590. The normalized spacial score (nSPS) is 11.1. The van der Waals surface area contributed by atoms with E-state index in [0.717, 1.165) is 6.07 Å². The number of hydrogen-bond donors (Lipinski definition) is 2. The van der Waals surface area contributed by atoms with Crippen LogP contribution in [0.15, 0.2) is 47.4 Å². The Morgan fingerprint density at radius 2 is 2.00 bits per heavy atom. The maximum absolute atomic E-state index is 14.1. The molecular weight excluding hydrogens is 332 g/mol. The molecule has 0 unspecified atom stereocenters. The number of carbonyl (C=O) groups is 1. The molecule has 0 aliphatic carbocycles. The van der Waals surface area contributed by atoms with Crippen LogP contribution in [0.25, 0.3) is 33.5 Å². The summed E-state index contributed by atoms with van der Waals surface area (Å²) in [5.74, 6) is -2.95. The highest BCUT2D eigenvalue weighted by Gasteiger charge is 2.21. The number of benzene rings is 1. The van der Waals surface area contributed by atoms with Crippen molar-refractivity contribution in [1.82, 2.24) is 15.1 Å². The Kier molecular flexibility index (Phi) is 3.31. The number of nitrogens with zero attached hydrogens (tertiary/aromatic N) is 2. The Balaban J connectivity index is 1.94. The fourth-order valence-electron chi connectivity index (χ4n) is 2.65. The largest absolute Gasteiger partial charge is 0.478 e. The molecule has 0 radical (unpaired) electrons. The van der Waals surface area contributed by atoms with Crippen LogP contribution in [0.4, 0.5) is 8.78 Å². The minimum absolute atomic E-state index is 0.00653. The van der Waals surface area contributed by atoms with E-state index < -0.39 is 17.6 Å². The van der Waals surface area contributed by atoms with Crippen LogP contribution < -0.4 is 0 Å². The van der Waals surface area contributed by atoms with Gasteiger partial charge in [-0.05, 0) is 12.1 Å². The highest BCUT2D eigenvalue weighted by molar-refractivity contribution is 5.99. The van der Waals surface area contributed by atoms with E-state index in [1.807, 2.05) is 0 Å². The molecule has 4 rings (SSSR count). The van der Waals surface area contributed by atoms with Crippen molar-refractivity contribution in [3.63, 3.8) is 0 Å². The molecule has 0 saturated heterocycles. The van der Waals surface area contributed by atoms with Gasteiger partial charge in [0.05, 0.1) is 17.3 Å². The topological polar surface area (TPSA) is 92.0 Å². The van der Waals surface area contributed by atoms with Gasteiger partial charge in [-0.3, -0.25) is 0 Å². The highest BCUT2D eigenvalue weighted by atomic mass is 19.2. The van der Waals surface area contributed by atoms with Crippen LogP contribution in [0.5, 0.6) is 0 Å². The Bertz CT molecular complexity index is 1120. The SMILES string of the molecule is O=C(O)c1cnc2[nH]cc(-c3oncc3-c3cccc(F)c3F)c2c1. The number of aromatic amines is 1. The zero-order valence-corrected chi connectivity index (χ0v) is 12.5. The minimum Gasteiger partial charge on any atom is -0.478 e. The molecule has 0 atom stereocenters. The molecule has 6 nitrogen and oxygen atoms in total. The van der Waals surface area contributed by atoms with Gasteiger partial charge >= 0.3 is 5.97 Å². The van der Waals surface area contributed by atoms with Crippen molar-refractivity contribution in [2.45, 2.75) is 0 Å². The molecule has 0 fully saturated rings. The first kappa shape index (κ1) is 15.0. The average molecular weight is 341 g/mol. The lowest BCUT2D eigenvalue weighted by molar-refractivity contribution is 0.0696. The number of halogens is 2. The van der Waals surface area contributed by atoms with Gasteiger partial charge in [0, 0.05) is 28.9 Å². The summed E-state index contributed by atoms with van der Waals surface area (Å²) in [5, 5.41) is 13.3. The van der Waals surface area contributed by atoms with Crippen LogP contribution in [-0.2, 0) is 0 Å². The van der Waals surface area contributed by atoms with E-state index in [4.69, 9.17) is 9.63 Å². The fourth-order valence-corrected chi connectivity index (χ4v) is 2.65. The number of aromatic nitrogens is 3. The van der Waals surface area contributed by atoms with Gasteiger partial charge in [0.25, 0.3) is 0 Å². The third-order valence-corrected chi connectivity index (χ3v) is 3.83. The van der Waals surface area contributed by atoms with Gasteiger partial charge in [0.1, 0.15) is 5.65 Å². The standard InChI is InChI=1S/C17H9F2N3O3/c18-13-3-1-2-9(14(13)19)12-7-22-25-15(12)11-6-21-16-10(11)4-8(5-20-16)17(23)24/h1-7H,(H,20,21)(H,23,24). The summed E-state index contributed by atoms with van der Waals surface area (Å²) in [6.45, 7) is 0. The molecule has 3 aromatic heterocycles. The third-order valence-electron chi connectivity index (χ3n) is 3.83. The van der Waals surface area contributed by atoms with Crippen LogP contribution in [-0.4, -0.2) is 26.2 Å². The van der Waals surface area contributed by atoms with Crippen molar-refractivity contribution >= 4 is 17.0 Å². The van der Waals surface area contributed by atoms with E-state index in [0.29, 0.717) is 16.6 Å². The molecule has 8 heteroatoms. The van der Waals surface area contributed by atoms with E-state index in [1.165, 1.54) is 30.6 Å². The number of rotatable bonds is 3. The van der Waals surface area contributed by atoms with Gasteiger partial charge in [-0.25, -0.2) is 18.6 Å². The van der Waals surface area contributed by atoms with Crippen molar-refractivity contribution in [3.8, 4) is 22.5 Å². The first-order valence-corrected chi connectivity index (χ1v) is 7.16. The monoisotopic (exact) mass is 341 g/mol. The Morgan fingerprint density at radius 3 is 2.80 bits per heavy atom. The van der Waals surface area contributed by atoms with E-state index in [-0.39, 0.29) is 22.5 Å². The molecule has 0 saturated carbocycles. The van der Waals surface area contributed by atoms with Crippen LogP contribution >= 0.6 is 0 Å². The Morgan fingerprint density at radius 1 is 1.16 bits per heavy atom. The summed E-state index contributed by atoms with van der Waals surface area (Å²) in [6.07, 6.45) is 4.05. The average Bonchev–Trinajstić information content (AvgIpc) is 3.22. The predicted molar refractivity (Wildman–Crippen MR) is 83.9 cm³/mol. The van der Waals surface area contributed by atoms with Crippen molar-refractivity contribution in [1.29, 1.82) is 0 Å². The first-order valence-electron chi connectivity index (χ1n) is 7.16. The number of carboxylic acids is 1. The fraction of sp³-hybridized carbons (Fsp3) is 0. The number of hydrogen-bond acceptors (Lipinski definition) is 4. The number of fused-ring (bicyclic) bond motifs is 1.